The maximum absolute atomic E-state index is 9.46. The Labute approximate surface area is 116 Å². The average Bonchev–Trinajstić information content (AvgIpc) is 2.42. The van der Waals surface area contributed by atoms with Gasteiger partial charge >= 0.3 is 0 Å². The fraction of sp³-hybridized carbons (Fsp3) is 0.625. The number of hydrogen-bond donors (Lipinski definition) is 1. The lowest BCUT2D eigenvalue weighted by atomic mass is 10.1. The summed E-state index contributed by atoms with van der Waals surface area (Å²) in [5.41, 5.74) is 1.37. The van der Waals surface area contributed by atoms with Crippen molar-refractivity contribution in [2.75, 3.05) is 13.1 Å². The molecule has 1 aliphatic rings. The second-order valence-electron chi connectivity index (χ2n) is 5.54. The third-order valence-electron chi connectivity index (χ3n) is 3.87. The van der Waals surface area contributed by atoms with Crippen LogP contribution in [0.1, 0.15) is 32.3 Å². The van der Waals surface area contributed by atoms with Crippen molar-refractivity contribution in [3.63, 3.8) is 0 Å². The number of nitrogens with zero attached hydrogens (tertiary/aromatic N) is 1. The molecule has 106 valence electrons. The Bertz CT molecular complexity index is 358. The maximum atomic E-state index is 9.46. The summed E-state index contributed by atoms with van der Waals surface area (Å²) < 4.78 is 5.87. The zero-order valence-electron chi connectivity index (χ0n) is 12.0. The Morgan fingerprint density at radius 2 is 1.84 bits per heavy atom. The highest BCUT2D eigenvalue weighted by atomic mass is 16.5. The highest BCUT2D eigenvalue weighted by molar-refractivity contribution is 5.14. The van der Waals surface area contributed by atoms with Crippen molar-refractivity contribution in [1.29, 1.82) is 0 Å². The van der Waals surface area contributed by atoms with Crippen molar-refractivity contribution >= 4 is 0 Å². The second kappa shape index (κ2) is 7.04. The smallest absolute Gasteiger partial charge is 0.0806 e. The molecule has 3 heteroatoms. The summed E-state index contributed by atoms with van der Waals surface area (Å²) in [6.45, 7) is 6.91. The Morgan fingerprint density at radius 1 is 1.21 bits per heavy atom. The maximum Gasteiger partial charge on any atom is 0.0806 e. The van der Waals surface area contributed by atoms with Crippen molar-refractivity contribution in [1.82, 2.24) is 4.90 Å². The monoisotopic (exact) mass is 263 g/mol. The van der Waals surface area contributed by atoms with Crippen LogP contribution in [-0.4, -0.2) is 41.4 Å². The zero-order valence-corrected chi connectivity index (χ0v) is 12.0. The van der Waals surface area contributed by atoms with Gasteiger partial charge in [-0.3, -0.25) is 4.90 Å². The Morgan fingerprint density at radius 3 is 2.42 bits per heavy atom. The van der Waals surface area contributed by atoms with Crippen LogP contribution in [0, 0.1) is 0 Å². The fourth-order valence-electron chi connectivity index (χ4n) is 2.46. The Hall–Kier alpha value is -0.900. The molecule has 0 bridgehead atoms. The summed E-state index contributed by atoms with van der Waals surface area (Å²) in [6.07, 6.45) is 1.97. The largest absolute Gasteiger partial charge is 0.391 e. The van der Waals surface area contributed by atoms with E-state index in [1.54, 1.807) is 6.92 Å². The third kappa shape index (κ3) is 4.60. The summed E-state index contributed by atoms with van der Waals surface area (Å²) in [7, 11) is 0. The molecular weight excluding hydrogens is 238 g/mol. The summed E-state index contributed by atoms with van der Waals surface area (Å²) >= 11 is 0. The van der Waals surface area contributed by atoms with E-state index in [1.165, 1.54) is 5.56 Å². The van der Waals surface area contributed by atoms with E-state index in [-0.39, 0.29) is 12.2 Å². The first-order chi connectivity index (χ1) is 9.15. The minimum Gasteiger partial charge on any atom is -0.391 e. The molecule has 2 rings (SSSR count). The molecule has 0 spiro atoms. The SMILES string of the molecule is CC(O)C(C)OC1CCN(Cc2ccccc2)CC1. The Kier molecular flexibility index (Phi) is 5.37. The van der Waals surface area contributed by atoms with Gasteiger partial charge in [-0.2, -0.15) is 0 Å². The van der Waals surface area contributed by atoms with Crippen molar-refractivity contribution in [2.45, 2.75) is 51.5 Å². The first-order valence-electron chi connectivity index (χ1n) is 7.25. The lowest BCUT2D eigenvalue weighted by Gasteiger charge is -2.33. The van der Waals surface area contributed by atoms with E-state index in [0.29, 0.717) is 6.10 Å². The molecular formula is C16H25NO2. The molecule has 1 aromatic rings. The predicted molar refractivity (Wildman–Crippen MR) is 77.0 cm³/mol. The van der Waals surface area contributed by atoms with E-state index >= 15 is 0 Å². The van der Waals surface area contributed by atoms with Gasteiger partial charge in [0.25, 0.3) is 0 Å². The van der Waals surface area contributed by atoms with Crippen LogP contribution in [0.4, 0.5) is 0 Å². The van der Waals surface area contributed by atoms with Gasteiger partial charge in [0.2, 0.25) is 0 Å². The van der Waals surface area contributed by atoms with Crippen molar-refractivity contribution < 1.29 is 9.84 Å². The third-order valence-corrected chi connectivity index (χ3v) is 3.87. The highest BCUT2D eigenvalue weighted by Gasteiger charge is 2.22. The van der Waals surface area contributed by atoms with Crippen LogP contribution < -0.4 is 0 Å². The van der Waals surface area contributed by atoms with Crippen LogP contribution in [0.5, 0.6) is 0 Å². The minimum absolute atomic E-state index is 0.0642. The van der Waals surface area contributed by atoms with Crippen LogP contribution in [0.2, 0.25) is 0 Å². The number of hydrogen-bond acceptors (Lipinski definition) is 3. The van der Waals surface area contributed by atoms with Gasteiger partial charge in [-0.25, -0.2) is 0 Å². The predicted octanol–water partition coefficient (Wildman–Crippen LogP) is 2.44. The van der Waals surface area contributed by atoms with Crippen molar-refractivity contribution in [2.24, 2.45) is 0 Å². The van der Waals surface area contributed by atoms with Crippen molar-refractivity contribution in [3.05, 3.63) is 35.9 Å². The van der Waals surface area contributed by atoms with E-state index in [9.17, 15) is 5.11 Å². The van der Waals surface area contributed by atoms with E-state index in [0.717, 1.165) is 32.5 Å². The molecule has 3 nitrogen and oxygen atoms in total. The highest BCUT2D eigenvalue weighted by Crippen LogP contribution is 2.18. The van der Waals surface area contributed by atoms with Crippen LogP contribution in [-0.2, 0) is 11.3 Å². The molecule has 1 heterocycles. The number of ether oxygens (including phenoxy) is 1. The molecule has 1 aromatic carbocycles. The Balaban J connectivity index is 1.73. The lowest BCUT2D eigenvalue weighted by molar-refractivity contribution is -0.0803. The van der Waals surface area contributed by atoms with E-state index in [4.69, 9.17) is 4.74 Å². The number of aliphatic hydroxyl groups excluding tert-OH is 1. The summed E-state index contributed by atoms with van der Waals surface area (Å²) in [5.74, 6) is 0. The van der Waals surface area contributed by atoms with Crippen LogP contribution >= 0.6 is 0 Å². The molecule has 0 aromatic heterocycles. The van der Waals surface area contributed by atoms with Gasteiger partial charge in [-0.15, -0.1) is 0 Å². The molecule has 1 fully saturated rings. The van der Waals surface area contributed by atoms with Gasteiger partial charge in [0.05, 0.1) is 18.3 Å². The van der Waals surface area contributed by atoms with Gasteiger partial charge in [-0.1, -0.05) is 30.3 Å². The normalized spacial score (nSPS) is 21.2. The fourth-order valence-corrected chi connectivity index (χ4v) is 2.46. The van der Waals surface area contributed by atoms with Crippen molar-refractivity contribution in [3.8, 4) is 0 Å². The van der Waals surface area contributed by atoms with Gasteiger partial charge < -0.3 is 9.84 Å². The summed E-state index contributed by atoms with van der Waals surface area (Å²) in [5, 5.41) is 9.46. The quantitative estimate of drug-likeness (QED) is 0.885. The molecule has 1 N–H and O–H groups in total. The minimum atomic E-state index is -0.387. The molecule has 0 amide bonds. The zero-order chi connectivity index (χ0) is 13.7. The van der Waals surface area contributed by atoms with E-state index < -0.39 is 0 Å². The van der Waals surface area contributed by atoms with Crippen LogP contribution in [0.25, 0.3) is 0 Å². The molecule has 19 heavy (non-hydrogen) atoms. The molecule has 0 saturated carbocycles. The number of piperidine rings is 1. The van der Waals surface area contributed by atoms with Gasteiger partial charge in [-0.05, 0) is 32.3 Å². The lowest BCUT2D eigenvalue weighted by Crippen LogP contribution is -2.39. The van der Waals surface area contributed by atoms with Gasteiger partial charge in [0, 0.05) is 19.6 Å². The average molecular weight is 263 g/mol. The molecule has 1 aliphatic heterocycles. The molecule has 2 atom stereocenters. The van der Waals surface area contributed by atoms with Gasteiger partial charge in [0.15, 0.2) is 0 Å². The molecule has 0 aliphatic carbocycles. The number of rotatable bonds is 5. The van der Waals surface area contributed by atoms with Gasteiger partial charge in [0.1, 0.15) is 0 Å². The molecule has 0 radical (unpaired) electrons. The second-order valence-corrected chi connectivity index (χ2v) is 5.54. The summed E-state index contributed by atoms with van der Waals surface area (Å²) in [4.78, 5) is 2.47. The number of likely N-dealkylation sites (tertiary alicyclic amines) is 1. The number of benzene rings is 1. The van der Waals surface area contributed by atoms with E-state index in [2.05, 4.69) is 35.2 Å². The topological polar surface area (TPSA) is 32.7 Å². The number of aliphatic hydroxyl groups is 1. The van der Waals surface area contributed by atoms with Crippen LogP contribution in [0.15, 0.2) is 30.3 Å². The first-order valence-corrected chi connectivity index (χ1v) is 7.25. The molecule has 1 saturated heterocycles. The van der Waals surface area contributed by atoms with Crippen LogP contribution in [0.3, 0.4) is 0 Å². The summed E-state index contributed by atoms with van der Waals surface area (Å²) in [6, 6.07) is 10.6. The van der Waals surface area contributed by atoms with E-state index in [1.807, 2.05) is 6.92 Å². The first kappa shape index (κ1) is 14.5. The molecule has 2 unspecified atom stereocenters. The standard InChI is InChI=1S/C16H25NO2/c1-13(18)14(2)19-16-8-10-17(11-9-16)12-15-6-4-3-5-7-15/h3-7,13-14,16,18H,8-12H2,1-2H3.